The molecule has 0 spiro atoms. The molecule has 130 valence electrons. The molecule has 1 fully saturated rings. The van der Waals surface area contributed by atoms with Crippen LogP contribution in [0, 0.1) is 11.8 Å². The molecule has 0 amide bonds. The Balaban J connectivity index is 2.21. The molecule has 6 heteroatoms. The molecule has 0 aromatic carbocycles. The quantitative estimate of drug-likeness (QED) is 0.577. The summed E-state index contributed by atoms with van der Waals surface area (Å²) in [5.41, 5.74) is -0.919. The Morgan fingerprint density at radius 2 is 1.91 bits per heavy atom. The first-order valence-corrected chi connectivity index (χ1v) is 8.13. The second-order valence-electron chi connectivity index (χ2n) is 7.36. The summed E-state index contributed by atoms with van der Waals surface area (Å²) < 4.78 is 16.9. The Bertz CT molecular complexity index is 553. The minimum Gasteiger partial charge on any atom is -0.457 e. The lowest BCUT2D eigenvalue weighted by atomic mass is 9.81. The molecule has 0 bridgehead atoms. The van der Waals surface area contributed by atoms with Crippen LogP contribution in [0.5, 0.6) is 0 Å². The molecule has 3 aliphatic rings. The summed E-state index contributed by atoms with van der Waals surface area (Å²) in [6, 6.07) is 0. The largest absolute Gasteiger partial charge is 0.457 e. The normalized spacial score (nSPS) is 49.7. The predicted molar refractivity (Wildman–Crippen MR) is 81.6 cm³/mol. The fourth-order valence-corrected chi connectivity index (χ4v) is 4.53. The molecule has 1 heterocycles. The minimum atomic E-state index is -1.52. The highest BCUT2D eigenvalue weighted by Crippen LogP contribution is 2.53. The van der Waals surface area contributed by atoms with Crippen molar-refractivity contribution in [3.63, 3.8) is 0 Å². The van der Waals surface area contributed by atoms with E-state index in [1.54, 1.807) is 14.0 Å². The molecule has 0 radical (unpaired) electrons. The van der Waals surface area contributed by atoms with Gasteiger partial charge in [-0.2, -0.15) is 0 Å². The average molecular weight is 326 g/mol. The molecule has 23 heavy (non-hydrogen) atoms. The second kappa shape index (κ2) is 5.28. The number of methoxy groups -OCH3 is 2. The first kappa shape index (κ1) is 16.9. The van der Waals surface area contributed by atoms with Crippen molar-refractivity contribution in [2.75, 3.05) is 14.2 Å². The highest BCUT2D eigenvalue weighted by Gasteiger charge is 2.61. The molecule has 1 saturated heterocycles. The standard InChI is InChI=1S/C17H26O6/c1-8-9-6-7-16(2,22-5)10-11(12(9)23-15(8)19)17(3,20)14(18)13(10)21-4/h8-9,12-14,18,20H,6-7H2,1-5H3/t8-,9+,12-,13-,14+,16-,17-/m1/s1. The van der Waals surface area contributed by atoms with Crippen LogP contribution in [0.15, 0.2) is 11.1 Å². The number of rotatable bonds is 2. The van der Waals surface area contributed by atoms with E-state index in [9.17, 15) is 15.0 Å². The maximum absolute atomic E-state index is 12.1. The van der Waals surface area contributed by atoms with Gasteiger partial charge in [0.15, 0.2) is 0 Å². The van der Waals surface area contributed by atoms with Crippen molar-refractivity contribution < 1.29 is 29.2 Å². The molecule has 0 aromatic rings. The molecule has 3 rings (SSSR count). The van der Waals surface area contributed by atoms with Gasteiger partial charge in [-0.3, -0.25) is 4.79 Å². The van der Waals surface area contributed by atoms with E-state index < -0.39 is 29.5 Å². The van der Waals surface area contributed by atoms with E-state index in [2.05, 4.69) is 0 Å². The lowest BCUT2D eigenvalue weighted by molar-refractivity contribution is -0.144. The fourth-order valence-electron chi connectivity index (χ4n) is 4.53. The van der Waals surface area contributed by atoms with Gasteiger partial charge in [0, 0.05) is 25.7 Å². The number of hydrogen-bond donors (Lipinski definition) is 2. The minimum absolute atomic E-state index is 0.0289. The molecule has 0 aromatic heterocycles. The highest BCUT2D eigenvalue weighted by atomic mass is 16.6. The molecule has 7 atom stereocenters. The molecule has 0 unspecified atom stereocenters. The molecule has 6 nitrogen and oxygen atoms in total. The van der Waals surface area contributed by atoms with E-state index in [1.807, 2.05) is 13.8 Å². The number of carbonyl (C=O) groups excluding carboxylic acids is 1. The summed E-state index contributed by atoms with van der Waals surface area (Å²) in [6.07, 6.45) is -0.919. The lowest BCUT2D eigenvalue weighted by Crippen LogP contribution is -2.46. The Morgan fingerprint density at radius 1 is 1.26 bits per heavy atom. The zero-order valence-electron chi connectivity index (χ0n) is 14.3. The van der Waals surface area contributed by atoms with Crippen molar-refractivity contribution in [3.05, 3.63) is 11.1 Å². The number of aliphatic hydroxyl groups is 2. The zero-order chi connectivity index (χ0) is 17.2. The number of hydrogen-bond acceptors (Lipinski definition) is 6. The van der Waals surface area contributed by atoms with Gasteiger partial charge in [-0.05, 0) is 32.3 Å². The lowest BCUT2D eigenvalue weighted by Gasteiger charge is -2.34. The topological polar surface area (TPSA) is 85.2 Å². The van der Waals surface area contributed by atoms with Gasteiger partial charge in [0.05, 0.1) is 11.5 Å². The third-order valence-corrected chi connectivity index (χ3v) is 6.14. The third-order valence-electron chi connectivity index (χ3n) is 6.14. The van der Waals surface area contributed by atoms with Crippen molar-refractivity contribution in [1.29, 1.82) is 0 Å². The highest BCUT2D eigenvalue weighted by molar-refractivity contribution is 5.76. The molecule has 0 saturated carbocycles. The number of carbonyl (C=O) groups is 1. The number of ether oxygens (including phenoxy) is 3. The van der Waals surface area contributed by atoms with Crippen molar-refractivity contribution in [2.45, 2.75) is 63.1 Å². The Kier molecular flexibility index (Phi) is 3.87. The summed E-state index contributed by atoms with van der Waals surface area (Å²) in [7, 11) is 3.12. The Hall–Kier alpha value is -0.950. The van der Waals surface area contributed by atoms with Gasteiger partial charge in [-0.15, -0.1) is 0 Å². The summed E-state index contributed by atoms with van der Waals surface area (Å²) in [5.74, 6) is -0.514. The van der Waals surface area contributed by atoms with Gasteiger partial charge in [0.25, 0.3) is 0 Å². The maximum Gasteiger partial charge on any atom is 0.309 e. The smallest absolute Gasteiger partial charge is 0.309 e. The van der Waals surface area contributed by atoms with Crippen molar-refractivity contribution in [2.24, 2.45) is 11.8 Å². The summed E-state index contributed by atoms with van der Waals surface area (Å²) >= 11 is 0. The van der Waals surface area contributed by atoms with Crippen LogP contribution >= 0.6 is 0 Å². The van der Waals surface area contributed by atoms with Gasteiger partial charge in [-0.25, -0.2) is 0 Å². The first-order valence-electron chi connectivity index (χ1n) is 8.13. The second-order valence-corrected chi connectivity index (χ2v) is 7.36. The van der Waals surface area contributed by atoms with Crippen molar-refractivity contribution >= 4 is 5.97 Å². The van der Waals surface area contributed by atoms with E-state index >= 15 is 0 Å². The first-order chi connectivity index (χ1) is 10.7. The SMILES string of the molecule is CO[C@@H]1C2=C([C@@H]3OC(=O)[C@H](C)[C@@H]3CC[C@@]2(C)OC)[C@@](C)(O)[C@H]1O. The Labute approximate surface area is 136 Å². The average Bonchev–Trinajstić information content (AvgIpc) is 2.83. The van der Waals surface area contributed by atoms with Crippen molar-refractivity contribution in [1.82, 2.24) is 0 Å². The third kappa shape index (κ3) is 2.12. The van der Waals surface area contributed by atoms with Crippen LogP contribution in [0.4, 0.5) is 0 Å². The Morgan fingerprint density at radius 3 is 2.48 bits per heavy atom. The van der Waals surface area contributed by atoms with E-state index in [1.165, 1.54) is 7.11 Å². The molecule has 1 aliphatic heterocycles. The molecule has 2 aliphatic carbocycles. The van der Waals surface area contributed by atoms with Crippen molar-refractivity contribution in [3.8, 4) is 0 Å². The van der Waals surface area contributed by atoms with E-state index in [4.69, 9.17) is 14.2 Å². The van der Waals surface area contributed by atoms with E-state index in [-0.39, 0.29) is 17.8 Å². The number of aliphatic hydroxyl groups excluding tert-OH is 1. The van der Waals surface area contributed by atoms with Crippen LogP contribution in [0.3, 0.4) is 0 Å². The summed E-state index contributed by atoms with van der Waals surface area (Å²) in [4.78, 5) is 12.1. The van der Waals surface area contributed by atoms with Crippen LogP contribution < -0.4 is 0 Å². The summed E-state index contributed by atoms with van der Waals surface area (Å²) in [6.45, 7) is 5.36. The van der Waals surface area contributed by atoms with Crippen LogP contribution in [0.25, 0.3) is 0 Å². The van der Waals surface area contributed by atoms with Gasteiger partial charge in [0.2, 0.25) is 0 Å². The van der Waals surface area contributed by atoms with Gasteiger partial charge in [0.1, 0.15) is 23.9 Å². The van der Waals surface area contributed by atoms with Gasteiger partial charge >= 0.3 is 5.97 Å². The predicted octanol–water partition coefficient (Wildman–Crippen LogP) is 0.800. The maximum atomic E-state index is 12.1. The molecule has 2 N–H and O–H groups in total. The monoisotopic (exact) mass is 326 g/mol. The number of fused-ring (bicyclic) bond motifs is 2. The summed E-state index contributed by atoms with van der Waals surface area (Å²) in [5, 5.41) is 21.6. The molecular formula is C17H26O6. The van der Waals surface area contributed by atoms with Gasteiger partial charge in [-0.1, -0.05) is 6.92 Å². The van der Waals surface area contributed by atoms with Gasteiger partial charge < -0.3 is 24.4 Å². The van der Waals surface area contributed by atoms with E-state index in [0.29, 0.717) is 12.0 Å². The molecular weight excluding hydrogens is 300 g/mol. The zero-order valence-corrected chi connectivity index (χ0v) is 14.3. The van der Waals surface area contributed by atoms with Crippen LogP contribution in [-0.4, -0.2) is 59.9 Å². The van der Waals surface area contributed by atoms with Crippen LogP contribution in [0.2, 0.25) is 0 Å². The van der Waals surface area contributed by atoms with E-state index in [0.717, 1.165) is 12.0 Å². The van der Waals surface area contributed by atoms with Crippen LogP contribution in [0.1, 0.15) is 33.6 Å². The van der Waals surface area contributed by atoms with Crippen LogP contribution in [-0.2, 0) is 19.0 Å². The number of esters is 1. The fraction of sp³-hybridized carbons (Fsp3) is 0.824.